The zero-order valence-electron chi connectivity index (χ0n) is 49.8. The highest BCUT2D eigenvalue weighted by atomic mass is 33.1. The molecule has 3 heterocycles. The van der Waals surface area contributed by atoms with E-state index in [1.807, 2.05) is 36.4 Å². The van der Waals surface area contributed by atoms with E-state index in [4.69, 9.17) is 15.7 Å². The summed E-state index contributed by atoms with van der Waals surface area (Å²) < 4.78 is 1.90. The molecule has 14 rings (SSSR count). The van der Waals surface area contributed by atoms with E-state index >= 15 is 9.90 Å². The van der Waals surface area contributed by atoms with Gasteiger partial charge in [-0.25, -0.2) is 4.98 Å². The predicted molar refractivity (Wildman–Crippen MR) is 323 cm³/mol. The average Bonchev–Trinajstić information content (AvgIpc) is 1.57. The Bertz CT molecular complexity index is 2770. The Morgan fingerprint density at radius 2 is 1.70 bits per heavy atom. The van der Waals surface area contributed by atoms with Crippen molar-refractivity contribution in [2.75, 3.05) is 45.6 Å². The third kappa shape index (κ3) is 7.84. The van der Waals surface area contributed by atoms with Crippen LogP contribution in [0.15, 0.2) is 57.7 Å². The molecular weight excluding hydrogens is 1070 g/mol. The van der Waals surface area contributed by atoms with Crippen molar-refractivity contribution < 1.29 is 35.4 Å². The van der Waals surface area contributed by atoms with E-state index in [9.17, 15) is 25.5 Å². The van der Waals surface area contributed by atoms with Crippen LogP contribution in [0.5, 0.6) is 0 Å². The summed E-state index contributed by atoms with van der Waals surface area (Å²) in [6.07, 6.45) is 24.3. The van der Waals surface area contributed by atoms with Gasteiger partial charge in [0.05, 0.1) is 36.8 Å². The summed E-state index contributed by atoms with van der Waals surface area (Å²) in [6, 6.07) is 0.113. The zero-order chi connectivity index (χ0) is 57.1. The molecule has 0 unspecified atom stereocenters. The smallest absolute Gasteiger partial charge is 0.190 e. The minimum absolute atomic E-state index is 0.111. The highest BCUT2D eigenvalue weighted by molar-refractivity contribution is 8.77. The summed E-state index contributed by atoms with van der Waals surface area (Å²) in [5.41, 5.74) is 9.93. The van der Waals surface area contributed by atoms with Gasteiger partial charge in [-0.1, -0.05) is 83.9 Å². The number of aliphatic hydroxyl groups is 6. The number of imidazole rings is 1. The summed E-state index contributed by atoms with van der Waals surface area (Å²) >= 11 is 0. The number of nitrogens with zero attached hydrogens (tertiary/aromatic N) is 3. The number of aromatic nitrogens is 2. The van der Waals surface area contributed by atoms with Gasteiger partial charge in [-0.2, -0.15) is 0 Å². The first kappa shape index (κ1) is 57.5. The second-order valence-corrected chi connectivity index (χ2v) is 33.2. The van der Waals surface area contributed by atoms with E-state index in [1.165, 1.54) is 44.1 Å². The Hall–Kier alpha value is -2.25. The van der Waals surface area contributed by atoms with Gasteiger partial charge < -0.3 is 56.9 Å². The fourth-order valence-corrected chi connectivity index (χ4v) is 29.2. The van der Waals surface area contributed by atoms with Crippen LogP contribution in [0.4, 0.5) is 0 Å². The zero-order valence-corrected chi connectivity index (χ0v) is 51.5. The van der Waals surface area contributed by atoms with Crippen molar-refractivity contribution in [2.24, 2.45) is 109 Å². The molecule has 3 spiro atoms. The molecule has 2 saturated heterocycles. The Morgan fingerprint density at radius 3 is 2.43 bits per heavy atom. The van der Waals surface area contributed by atoms with Gasteiger partial charge in [0.1, 0.15) is 6.23 Å². The molecular formula is C66H99N7O7S2. The molecule has 82 heavy (non-hydrogen) atoms. The Labute approximate surface area is 495 Å². The molecule has 1 aromatic rings. The Kier molecular flexibility index (Phi) is 14.5. The van der Waals surface area contributed by atoms with Crippen LogP contribution in [0, 0.1) is 98.1 Å². The van der Waals surface area contributed by atoms with Crippen LogP contribution in [0.2, 0.25) is 0 Å². The molecule has 0 aromatic carbocycles. The van der Waals surface area contributed by atoms with Crippen LogP contribution < -0.4 is 21.7 Å². The summed E-state index contributed by atoms with van der Waals surface area (Å²) in [5, 5.41) is 89.2. The summed E-state index contributed by atoms with van der Waals surface area (Å²) in [5.74, 6) is -1.85. The third-order valence-corrected chi connectivity index (χ3v) is 30.6. The summed E-state index contributed by atoms with van der Waals surface area (Å²) in [7, 11) is 5.89. The van der Waals surface area contributed by atoms with Gasteiger partial charge in [0.2, 0.25) is 0 Å². The molecule has 2 aliphatic heterocycles. The van der Waals surface area contributed by atoms with Crippen LogP contribution in [-0.4, -0.2) is 132 Å². The van der Waals surface area contributed by atoms with Gasteiger partial charge in [0.25, 0.3) is 0 Å². The minimum atomic E-state index is -1.70. The highest BCUT2D eigenvalue weighted by Gasteiger charge is 2.82. The molecule has 4 bridgehead atoms. The average molecular weight is 1170 g/mol. The van der Waals surface area contributed by atoms with Gasteiger partial charge in [-0.05, 0) is 211 Å². The molecule has 0 amide bonds. The number of allylic oxidation sites excluding steroid dienone is 3. The molecule has 16 heteroatoms. The molecule has 21 atom stereocenters. The van der Waals surface area contributed by atoms with Crippen LogP contribution in [0.1, 0.15) is 162 Å². The lowest BCUT2D eigenvalue weighted by molar-refractivity contribution is -0.220. The molecule has 10 fully saturated rings. The Morgan fingerprint density at radius 1 is 0.927 bits per heavy atom. The van der Waals surface area contributed by atoms with E-state index in [1.54, 1.807) is 23.6 Å². The molecule has 14 nitrogen and oxygen atoms in total. The van der Waals surface area contributed by atoms with E-state index in [0.717, 1.165) is 89.5 Å². The number of piperidine rings is 1. The number of carbonyl (C=O) groups is 1. The normalized spacial score (nSPS) is 47.4. The van der Waals surface area contributed by atoms with E-state index in [-0.39, 0.29) is 101 Å². The molecule has 8 saturated carbocycles. The molecule has 1 aromatic heterocycles. The highest BCUT2D eigenvalue weighted by Crippen LogP contribution is 2.82. The summed E-state index contributed by atoms with van der Waals surface area (Å²) in [6.45, 7) is 10.9. The van der Waals surface area contributed by atoms with Crippen molar-refractivity contribution in [1.29, 1.82) is 0 Å². The second-order valence-electron chi connectivity index (χ2n) is 30.6. The molecule has 0 radical (unpaired) electrons. The molecule has 11 N–H and O–H groups in total. The van der Waals surface area contributed by atoms with E-state index in [2.05, 4.69) is 58.3 Å². The fraction of sp³-hybridized carbons (Fsp3) is 0.833. The molecule has 13 aliphatic rings. The second kappa shape index (κ2) is 20.7. The topological polar surface area (TPSA) is 231 Å². The first-order valence-electron chi connectivity index (χ1n) is 32.8. The number of guanidine groups is 1. The van der Waals surface area contributed by atoms with Crippen LogP contribution >= 0.6 is 21.6 Å². The standard InChI is InChI=1S/C66H99N7O7S2/c1-36(75)72-59(67)71-32-42-44-15-14-39-38-11-8-12-40-50(38)52-56(41-13-9-18-62(53(40)41)16-6-7-17-62)60(2,3)29-37(73-26-25-70-35-73)33-81-82-65(20-10-19-63(65)21-23-69-24-22-63)49-28-45(51(39)58(52)79)64(44,34-74)66(49,80)46-27-47(76)55-43(31-68-5)57(78)48(77)30-61(55,4)54(42)46/h25-27,35-39,42-45,48-49,51-55,57-58,68-69,74-75,77-80H,6-24,28-34H2,1-5H3,(H3,67,71,72)/t36-,37+,38+,39-,42-,43+,44-,45-,48+,49-,51+,52-,53+,54+,55+,57-,58+,61-,64-,65-,66+/m1/s1. The number of nitrogens with two attached hydrogens (primary N) is 1. The summed E-state index contributed by atoms with van der Waals surface area (Å²) in [4.78, 5) is 25.8. The van der Waals surface area contributed by atoms with Crippen molar-refractivity contribution in [3.05, 3.63) is 52.7 Å². The monoisotopic (exact) mass is 1170 g/mol. The number of rotatable bonds is 7. The number of hydrogen-bond acceptors (Lipinski definition) is 13. The first-order valence-corrected chi connectivity index (χ1v) is 35.2. The third-order valence-electron chi connectivity index (χ3n) is 27.1. The van der Waals surface area contributed by atoms with Gasteiger partial charge in [-0.15, -0.1) is 0 Å². The van der Waals surface area contributed by atoms with Crippen molar-refractivity contribution in [1.82, 2.24) is 25.5 Å². The van der Waals surface area contributed by atoms with Crippen LogP contribution in [0.25, 0.3) is 0 Å². The van der Waals surface area contributed by atoms with Crippen LogP contribution in [0.3, 0.4) is 0 Å². The van der Waals surface area contributed by atoms with Gasteiger partial charge in [0.15, 0.2) is 11.7 Å². The number of aliphatic hydroxyl groups excluding tert-OH is 5. The van der Waals surface area contributed by atoms with E-state index in [0.29, 0.717) is 30.9 Å². The number of ketones is 1. The van der Waals surface area contributed by atoms with Gasteiger partial charge >= 0.3 is 0 Å². The van der Waals surface area contributed by atoms with Crippen molar-refractivity contribution >= 4 is 33.3 Å². The number of nitrogens with one attached hydrogen (secondary N) is 3. The van der Waals surface area contributed by atoms with Crippen molar-refractivity contribution in [3.63, 3.8) is 0 Å². The molecule has 452 valence electrons. The Balaban J connectivity index is 1.06. The number of hydrogen-bond donors (Lipinski definition) is 10. The maximum atomic E-state index is 16.0. The van der Waals surface area contributed by atoms with Gasteiger partial charge in [-0.3, -0.25) is 9.79 Å². The number of fused-ring (bicyclic) bond motifs is 12. The van der Waals surface area contributed by atoms with Crippen LogP contribution in [-0.2, 0) is 4.79 Å². The lowest BCUT2D eigenvalue weighted by Crippen LogP contribution is -2.73. The lowest BCUT2D eigenvalue weighted by atomic mass is 9.38. The van der Waals surface area contributed by atoms with Gasteiger partial charge in [0, 0.05) is 77.0 Å². The molecule has 11 aliphatic carbocycles. The maximum Gasteiger partial charge on any atom is 0.190 e. The first-order chi connectivity index (χ1) is 39.4. The van der Waals surface area contributed by atoms with E-state index < -0.39 is 63.5 Å². The quantitative estimate of drug-likeness (QED) is 0.0412. The maximum absolute atomic E-state index is 16.0. The largest absolute Gasteiger partial charge is 0.396 e. The minimum Gasteiger partial charge on any atom is -0.396 e. The number of aliphatic imine (C=N–C) groups is 1. The van der Waals surface area contributed by atoms with Crippen molar-refractivity contribution in [3.8, 4) is 0 Å². The lowest BCUT2D eigenvalue weighted by Gasteiger charge is -2.68. The SMILES string of the molecule is CNC[C@@H]1[C@@H](O)[C@@H](O)C[C@@]2(C)[C@@H]1C(=O)C=C1[C@@H]2[C@H](CN=C(N)N[C@@H](C)O)[C@H]2CC[C@H]3[C@@H]4[C@H](O)[C@@H]5C6=C(CCC[C@H]63)[C@H]3C(=C5C(C)(C)C[C@H](n5ccnc5)CSS[C@]5(CCCC56CCNCC6)[C@H]5C[C@H]4[C@]2(CO)[C@]15O)CCCC31CCCC1. The number of carbonyl (C=O) groups excluding carboxylic acids is 1. The predicted octanol–water partition coefficient (Wildman–Crippen LogP) is 7.86. The fourth-order valence-electron chi connectivity index (χ4n) is 24.9. The van der Waals surface area contributed by atoms with Crippen molar-refractivity contribution in [2.45, 2.75) is 197 Å².